The van der Waals surface area contributed by atoms with Gasteiger partial charge in [-0.25, -0.2) is 0 Å². The summed E-state index contributed by atoms with van der Waals surface area (Å²) in [7, 11) is 0. The first-order chi connectivity index (χ1) is 4.24. The van der Waals surface area contributed by atoms with Gasteiger partial charge in [-0.1, -0.05) is 0 Å². The van der Waals surface area contributed by atoms with Crippen LogP contribution < -0.4 is 31.5 Å². The normalized spacial score (nSPS) is 4.91. The standard InChI is InChI=1S/2Eu.3H2O3/c;;3*1-3-2/h;;3*1-2H/q2*+3;;;/p-6. The van der Waals surface area contributed by atoms with Crippen LogP contribution in [0, 0.1) is 98.8 Å². The van der Waals surface area contributed by atoms with Crippen LogP contribution in [0.15, 0.2) is 0 Å². The predicted octanol–water partition coefficient (Wildman–Crippen LogP) is -7.34. The molecule has 0 fully saturated rings. The number of hydrogen-bond acceptors (Lipinski definition) is 9. The van der Waals surface area contributed by atoms with E-state index >= 15 is 0 Å². The minimum Gasteiger partial charge on any atom is -0.734 e. The Labute approximate surface area is 142 Å². The van der Waals surface area contributed by atoms with E-state index in [1.807, 2.05) is 0 Å². The Morgan fingerprint density at radius 1 is 0.455 bits per heavy atom. The molecule has 68 valence electrons. The quantitative estimate of drug-likeness (QED) is 0.259. The summed E-state index contributed by atoms with van der Waals surface area (Å²) < 4.78 is 0. The molecule has 0 aliphatic heterocycles. The van der Waals surface area contributed by atoms with E-state index in [0.717, 1.165) is 0 Å². The Bertz CT molecular complexity index is 12.3. The van der Waals surface area contributed by atoms with Gasteiger partial charge in [0.1, 0.15) is 0 Å². The topological polar surface area (TPSA) is 166 Å². The van der Waals surface area contributed by atoms with Crippen LogP contribution in [0.5, 0.6) is 0 Å². The molecule has 0 aromatic rings. The van der Waals surface area contributed by atoms with Crippen LogP contribution in [0.25, 0.3) is 0 Å². The average Bonchev–Trinajstić information content (AvgIpc) is 1.70. The summed E-state index contributed by atoms with van der Waals surface area (Å²) >= 11 is 0. The molecular formula is Eu2O9. The van der Waals surface area contributed by atoms with Crippen LogP contribution in [0.3, 0.4) is 0 Å². The van der Waals surface area contributed by atoms with Gasteiger partial charge in [0.15, 0.2) is 0 Å². The summed E-state index contributed by atoms with van der Waals surface area (Å²) in [6, 6.07) is 0. The van der Waals surface area contributed by atoms with Crippen LogP contribution in [0.2, 0.25) is 0 Å². The van der Waals surface area contributed by atoms with Crippen LogP contribution in [-0.2, 0) is 15.1 Å². The second-order valence-corrected chi connectivity index (χ2v) is 0.204. The van der Waals surface area contributed by atoms with Crippen molar-refractivity contribution in [2.24, 2.45) is 0 Å². The van der Waals surface area contributed by atoms with Crippen LogP contribution in [0.4, 0.5) is 0 Å². The van der Waals surface area contributed by atoms with Crippen molar-refractivity contribution in [1.29, 1.82) is 0 Å². The number of rotatable bonds is 0. The van der Waals surface area contributed by atoms with Gasteiger partial charge in [-0.05, 0) is 0 Å². The third-order valence-electron chi connectivity index (χ3n) is 0. The Hall–Kier alpha value is 2.81. The fraction of sp³-hybridized carbons (Fsp3) is 0. The van der Waals surface area contributed by atoms with E-state index < -0.39 is 0 Å². The van der Waals surface area contributed by atoms with Crippen molar-refractivity contribution in [3.05, 3.63) is 0 Å². The SMILES string of the molecule is [Eu+3].[Eu+3].[O-]O[O-].[O-]O[O-].[O-]O[O-]. The maximum absolute atomic E-state index is 7.88. The fourth-order valence-electron chi connectivity index (χ4n) is 0. The van der Waals surface area contributed by atoms with Gasteiger partial charge < -0.3 is 46.7 Å². The minimum atomic E-state index is 0. The van der Waals surface area contributed by atoms with Crippen molar-refractivity contribution < 1.29 is 145 Å². The van der Waals surface area contributed by atoms with Gasteiger partial charge in [-0.15, -0.1) is 0 Å². The van der Waals surface area contributed by atoms with E-state index in [2.05, 4.69) is 0 Å². The summed E-state index contributed by atoms with van der Waals surface area (Å²) in [5.41, 5.74) is 0. The molecule has 11 heteroatoms. The van der Waals surface area contributed by atoms with E-state index in [1.165, 1.54) is 0 Å². The molecule has 0 rings (SSSR count). The summed E-state index contributed by atoms with van der Waals surface area (Å²) in [5, 5.41) is 52.5. The molecule has 0 aliphatic rings. The number of hydrogen-bond donors (Lipinski definition) is 0. The molecule has 0 unspecified atom stereocenters. The molecule has 11 heavy (non-hydrogen) atoms. The van der Waals surface area contributed by atoms with Crippen molar-refractivity contribution in [1.82, 2.24) is 0 Å². The van der Waals surface area contributed by atoms with Crippen molar-refractivity contribution in [3.8, 4) is 0 Å². The van der Waals surface area contributed by atoms with Crippen molar-refractivity contribution in [3.63, 3.8) is 0 Å². The monoisotopic (exact) mass is 450 g/mol. The van der Waals surface area contributed by atoms with Crippen LogP contribution in [-0.4, -0.2) is 0 Å². The molecule has 0 saturated carbocycles. The van der Waals surface area contributed by atoms with Gasteiger partial charge in [0.2, 0.25) is 0 Å². The first-order valence-electron chi connectivity index (χ1n) is 1.00. The van der Waals surface area contributed by atoms with E-state index in [4.69, 9.17) is 31.5 Å². The Morgan fingerprint density at radius 2 is 0.455 bits per heavy atom. The summed E-state index contributed by atoms with van der Waals surface area (Å²) in [6.07, 6.45) is 0. The van der Waals surface area contributed by atoms with E-state index in [1.54, 1.807) is 15.1 Å². The van der Waals surface area contributed by atoms with Gasteiger partial charge in [-0.2, -0.15) is 0 Å². The first-order valence-corrected chi connectivity index (χ1v) is 1.00. The van der Waals surface area contributed by atoms with Gasteiger partial charge >= 0.3 is 98.8 Å². The Morgan fingerprint density at radius 3 is 0.455 bits per heavy atom. The maximum Gasteiger partial charge on any atom is 3.00 e. The molecule has 0 amide bonds. The second kappa shape index (κ2) is 52.9. The van der Waals surface area contributed by atoms with Crippen LogP contribution in [0.1, 0.15) is 0 Å². The maximum atomic E-state index is 7.88. The molecule has 9 nitrogen and oxygen atoms in total. The third kappa shape index (κ3) is 190. The van der Waals surface area contributed by atoms with Crippen molar-refractivity contribution in [2.75, 3.05) is 0 Å². The first kappa shape index (κ1) is 29.2. The molecule has 0 atom stereocenters. The molecule has 0 saturated heterocycles. The minimum absolute atomic E-state index is 0. The zero-order valence-corrected chi connectivity index (χ0v) is 9.28. The zero-order chi connectivity index (χ0) is 8.12. The smallest absolute Gasteiger partial charge is 0.734 e. The molecule has 0 bridgehead atoms. The van der Waals surface area contributed by atoms with E-state index in [0.29, 0.717) is 0 Å². The largest absolute Gasteiger partial charge is 3.00 e. The zero-order valence-electron chi connectivity index (χ0n) is 4.43. The molecular weight excluding hydrogens is 448 g/mol. The summed E-state index contributed by atoms with van der Waals surface area (Å²) in [4.78, 5) is 0. The fourth-order valence-corrected chi connectivity index (χ4v) is 0. The van der Waals surface area contributed by atoms with Crippen LogP contribution >= 0.6 is 0 Å². The van der Waals surface area contributed by atoms with Crippen molar-refractivity contribution in [2.45, 2.75) is 0 Å². The molecule has 0 aromatic heterocycles. The predicted molar refractivity (Wildman–Crippen MR) is 3.25 cm³/mol. The van der Waals surface area contributed by atoms with Gasteiger partial charge in [0, 0.05) is 0 Å². The molecule has 0 aromatic carbocycles. The molecule has 0 spiro atoms. The van der Waals surface area contributed by atoms with E-state index in [-0.39, 0.29) is 98.8 Å². The molecule has 0 radical (unpaired) electrons. The van der Waals surface area contributed by atoms with Gasteiger partial charge in [-0.3, -0.25) is 0 Å². The van der Waals surface area contributed by atoms with Gasteiger partial charge in [0.05, 0.1) is 0 Å². The molecule has 0 N–H and O–H groups in total. The summed E-state index contributed by atoms with van der Waals surface area (Å²) in [5.74, 6) is 0. The molecule has 0 aliphatic carbocycles. The third-order valence-corrected chi connectivity index (χ3v) is 0. The molecule has 0 heterocycles. The summed E-state index contributed by atoms with van der Waals surface area (Å²) in [6.45, 7) is 0. The Kier molecular flexibility index (Phi) is 141. The van der Waals surface area contributed by atoms with E-state index in [9.17, 15) is 0 Å². The van der Waals surface area contributed by atoms with Crippen molar-refractivity contribution >= 4 is 0 Å². The average molecular weight is 448 g/mol. The second-order valence-electron chi connectivity index (χ2n) is 0.204. The Balaban J connectivity index is -0.0000000150. The van der Waals surface area contributed by atoms with Gasteiger partial charge in [0.25, 0.3) is 0 Å².